The van der Waals surface area contributed by atoms with E-state index in [2.05, 4.69) is 24.5 Å². The summed E-state index contributed by atoms with van der Waals surface area (Å²) in [6.07, 6.45) is 3.44. The van der Waals surface area contributed by atoms with Crippen molar-refractivity contribution in [3.05, 3.63) is 0 Å². The van der Waals surface area contributed by atoms with Crippen LogP contribution in [0, 0.1) is 5.92 Å². The molecule has 2 amide bonds. The van der Waals surface area contributed by atoms with Crippen molar-refractivity contribution in [1.29, 1.82) is 0 Å². The summed E-state index contributed by atoms with van der Waals surface area (Å²) in [6.45, 7) is 6.58. The van der Waals surface area contributed by atoms with E-state index in [1.807, 2.05) is 6.92 Å². The molecule has 1 fully saturated rings. The first-order valence-corrected chi connectivity index (χ1v) is 5.76. The molecule has 0 aromatic heterocycles. The highest BCUT2D eigenvalue weighted by Gasteiger charge is 2.29. The lowest BCUT2D eigenvalue weighted by Gasteiger charge is -2.35. The summed E-state index contributed by atoms with van der Waals surface area (Å²) in [5.74, 6) is 0.328. The lowest BCUT2D eigenvalue weighted by molar-refractivity contribution is 0.203. The third kappa shape index (κ3) is 3.09. The molecule has 0 bridgehead atoms. The Morgan fingerprint density at radius 3 is 2.47 bits per heavy atom. The van der Waals surface area contributed by atoms with Gasteiger partial charge in [0.15, 0.2) is 0 Å². The van der Waals surface area contributed by atoms with Gasteiger partial charge in [0.05, 0.1) is 5.54 Å². The fourth-order valence-corrected chi connectivity index (χ4v) is 1.46. The van der Waals surface area contributed by atoms with Crippen LogP contribution >= 0.6 is 0 Å². The molecule has 0 aromatic rings. The van der Waals surface area contributed by atoms with Crippen molar-refractivity contribution in [2.45, 2.75) is 51.6 Å². The first-order chi connectivity index (χ1) is 6.98. The van der Waals surface area contributed by atoms with Crippen LogP contribution in [0.3, 0.4) is 0 Å². The van der Waals surface area contributed by atoms with Gasteiger partial charge in [-0.3, -0.25) is 0 Å². The fourth-order valence-electron chi connectivity index (χ4n) is 1.46. The topological polar surface area (TPSA) is 67.1 Å². The molecule has 1 atom stereocenters. The molecule has 0 radical (unpaired) electrons. The van der Waals surface area contributed by atoms with Gasteiger partial charge in [-0.05, 0) is 32.1 Å². The van der Waals surface area contributed by atoms with Gasteiger partial charge in [0.2, 0.25) is 0 Å². The molecule has 0 aromatic carbocycles. The van der Waals surface area contributed by atoms with Crippen molar-refractivity contribution in [1.82, 2.24) is 10.6 Å². The van der Waals surface area contributed by atoms with E-state index in [9.17, 15) is 4.79 Å². The Balaban J connectivity index is 2.39. The number of amides is 2. The molecule has 4 nitrogen and oxygen atoms in total. The number of carbonyl (C=O) groups is 1. The Bertz CT molecular complexity index is 226. The third-order valence-corrected chi connectivity index (χ3v) is 3.54. The maximum absolute atomic E-state index is 11.6. The SMILES string of the molecule is CC(C)C(C)(CN)NC(=O)NC1CCC1. The van der Waals surface area contributed by atoms with E-state index >= 15 is 0 Å². The first kappa shape index (κ1) is 12.3. The van der Waals surface area contributed by atoms with Crippen molar-refractivity contribution in [2.75, 3.05) is 6.54 Å². The van der Waals surface area contributed by atoms with Crippen LogP contribution in [0.1, 0.15) is 40.0 Å². The van der Waals surface area contributed by atoms with Crippen LogP contribution in [0.2, 0.25) is 0 Å². The van der Waals surface area contributed by atoms with Gasteiger partial charge in [-0.2, -0.15) is 0 Å². The Labute approximate surface area is 92.0 Å². The van der Waals surface area contributed by atoms with Crippen molar-refractivity contribution in [3.63, 3.8) is 0 Å². The molecule has 1 rings (SSSR count). The zero-order chi connectivity index (χ0) is 11.5. The standard InChI is InChI=1S/C11H23N3O/c1-8(2)11(3,7-12)14-10(15)13-9-5-4-6-9/h8-9H,4-7,12H2,1-3H3,(H2,13,14,15). The molecule has 0 saturated heterocycles. The molecule has 0 spiro atoms. The molecule has 15 heavy (non-hydrogen) atoms. The number of hydrogen-bond donors (Lipinski definition) is 3. The highest BCUT2D eigenvalue weighted by molar-refractivity contribution is 5.75. The highest BCUT2D eigenvalue weighted by atomic mass is 16.2. The zero-order valence-electron chi connectivity index (χ0n) is 9.97. The number of urea groups is 1. The molecule has 88 valence electrons. The van der Waals surface area contributed by atoms with E-state index in [1.54, 1.807) is 0 Å². The van der Waals surface area contributed by atoms with Crippen LogP contribution < -0.4 is 16.4 Å². The predicted molar refractivity (Wildman–Crippen MR) is 61.6 cm³/mol. The van der Waals surface area contributed by atoms with Gasteiger partial charge >= 0.3 is 6.03 Å². The second kappa shape index (κ2) is 4.84. The molecule has 1 saturated carbocycles. The number of nitrogens with two attached hydrogens (primary N) is 1. The lowest BCUT2D eigenvalue weighted by Crippen LogP contribution is -2.59. The Kier molecular flexibility index (Phi) is 3.97. The zero-order valence-corrected chi connectivity index (χ0v) is 9.97. The van der Waals surface area contributed by atoms with Crippen LogP contribution in [0.5, 0.6) is 0 Å². The number of rotatable bonds is 4. The molecular formula is C11H23N3O. The molecule has 1 aliphatic carbocycles. The summed E-state index contributed by atoms with van der Waals surface area (Å²) in [5, 5.41) is 5.92. The van der Waals surface area contributed by atoms with E-state index < -0.39 is 0 Å². The van der Waals surface area contributed by atoms with Gasteiger partial charge in [-0.15, -0.1) is 0 Å². The van der Waals surface area contributed by atoms with Crippen molar-refractivity contribution in [3.8, 4) is 0 Å². The summed E-state index contributed by atoms with van der Waals surface area (Å²) in [7, 11) is 0. The van der Waals surface area contributed by atoms with Gasteiger partial charge < -0.3 is 16.4 Å². The quantitative estimate of drug-likeness (QED) is 0.657. The van der Waals surface area contributed by atoms with Gasteiger partial charge in [0.25, 0.3) is 0 Å². The van der Waals surface area contributed by atoms with Crippen LogP contribution in [0.15, 0.2) is 0 Å². The fraction of sp³-hybridized carbons (Fsp3) is 0.909. The van der Waals surface area contributed by atoms with Gasteiger partial charge in [-0.25, -0.2) is 4.79 Å². The van der Waals surface area contributed by atoms with E-state index in [4.69, 9.17) is 5.73 Å². The van der Waals surface area contributed by atoms with Crippen molar-refractivity contribution in [2.24, 2.45) is 11.7 Å². The van der Waals surface area contributed by atoms with E-state index in [-0.39, 0.29) is 11.6 Å². The Morgan fingerprint density at radius 1 is 1.53 bits per heavy atom. The molecular weight excluding hydrogens is 190 g/mol. The van der Waals surface area contributed by atoms with Gasteiger partial charge in [0, 0.05) is 12.6 Å². The summed E-state index contributed by atoms with van der Waals surface area (Å²) in [4.78, 5) is 11.6. The lowest BCUT2D eigenvalue weighted by atomic mass is 9.88. The van der Waals surface area contributed by atoms with E-state index in [0.717, 1.165) is 12.8 Å². The van der Waals surface area contributed by atoms with E-state index in [0.29, 0.717) is 18.5 Å². The van der Waals surface area contributed by atoms with Crippen molar-refractivity contribution >= 4 is 6.03 Å². The summed E-state index contributed by atoms with van der Waals surface area (Å²) < 4.78 is 0. The smallest absolute Gasteiger partial charge is 0.315 e. The number of nitrogens with one attached hydrogen (secondary N) is 2. The van der Waals surface area contributed by atoms with Crippen LogP contribution in [-0.4, -0.2) is 24.2 Å². The molecule has 1 unspecified atom stereocenters. The minimum absolute atomic E-state index is 0.0821. The molecule has 4 N–H and O–H groups in total. The Morgan fingerprint density at radius 2 is 2.13 bits per heavy atom. The average Bonchev–Trinajstić information content (AvgIpc) is 2.11. The maximum Gasteiger partial charge on any atom is 0.315 e. The number of carbonyl (C=O) groups excluding carboxylic acids is 1. The second-order valence-electron chi connectivity index (χ2n) is 5.00. The van der Waals surface area contributed by atoms with Gasteiger partial charge in [0.1, 0.15) is 0 Å². The minimum atomic E-state index is -0.312. The van der Waals surface area contributed by atoms with Crippen molar-refractivity contribution < 1.29 is 4.79 Å². The average molecular weight is 213 g/mol. The van der Waals surface area contributed by atoms with Crippen LogP contribution in [0.4, 0.5) is 4.79 Å². The van der Waals surface area contributed by atoms with Gasteiger partial charge in [-0.1, -0.05) is 13.8 Å². The molecule has 1 aliphatic rings. The third-order valence-electron chi connectivity index (χ3n) is 3.54. The molecule has 0 aliphatic heterocycles. The normalized spacial score (nSPS) is 20.6. The van der Waals surface area contributed by atoms with E-state index in [1.165, 1.54) is 6.42 Å². The van der Waals surface area contributed by atoms with Crippen LogP contribution in [-0.2, 0) is 0 Å². The highest BCUT2D eigenvalue weighted by Crippen LogP contribution is 2.18. The summed E-state index contributed by atoms with van der Waals surface area (Å²) in [6, 6.07) is 0.292. The summed E-state index contributed by atoms with van der Waals surface area (Å²) >= 11 is 0. The Hall–Kier alpha value is -0.770. The molecule has 0 heterocycles. The minimum Gasteiger partial charge on any atom is -0.335 e. The van der Waals surface area contributed by atoms with Crippen LogP contribution in [0.25, 0.3) is 0 Å². The first-order valence-electron chi connectivity index (χ1n) is 5.76. The summed E-state index contributed by atoms with van der Waals surface area (Å²) in [5.41, 5.74) is 5.38. The predicted octanol–water partition coefficient (Wildman–Crippen LogP) is 1.21. The maximum atomic E-state index is 11.6. The molecule has 4 heteroatoms. The second-order valence-corrected chi connectivity index (χ2v) is 5.00. The monoisotopic (exact) mass is 213 g/mol. The number of hydrogen-bond acceptors (Lipinski definition) is 2. The largest absolute Gasteiger partial charge is 0.335 e.